The summed E-state index contributed by atoms with van der Waals surface area (Å²) in [5.74, 6) is -0.384. The average Bonchev–Trinajstić information content (AvgIpc) is 2.67. The van der Waals surface area contributed by atoms with Gasteiger partial charge in [0.1, 0.15) is 17.4 Å². The lowest BCUT2D eigenvalue weighted by atomic mass is 9.82. The second-order valence-corrected chi connectivity index (χ2v) is 5.97. The Morgan fingerprint density at radius 1 is 1.15 bits per heavy atom. The van der Waals surface area contributed by atoms with Gasteiger partial charge in [-0.25, -0.2) is 0 Å². The lowest BCUT2D eigenvalue weighted by Gasteiger charge is -2.27. The molecule has 3 rings (SSSR count). The molecule has 0 bridgehead atoms. The zero-order chi connectivity index (χ0) is 18.5. The van der Waals surface area contributed by atoms with Gasteiger partial charge >= 0.3 is 0 Å². The monoisotopic (exact) mass is 345 g/mol. The van der Waals surface area contributed by atoms with E-state index in [1.165, 1.54) is 0 Å². The molecule has 1 atom stereocenters. The zero-order valence-electron chi connectivity index (χ0n) is 14.4. The van der Waals surface area contributed by atoms with Gasteiger partial charge in [-0.2, -0.15) is 5.26 Å². The van der Waals surface area contributed by atoms with Crippen LogP contribution in [-0.4, -0.2) is 5.91 Å². The summed E-state index contributed by atoms with van der Waals surface area (Å²) in [4.78, 5) is 12.9. The third kappa shape index (κ3) is 3.45. The Morgan fingerprint density at radius 2 is 1.77 bits per heavy atom. The highest BCUT2D eigenvalue weighted by Gasteiger charge is 2.35. The predicted molar refractivity (Wildman–Crippen MR) is 98.1 cm³/mol. The Labute approximate surface area is 152 Å². The first-order valence-electron chi connectivity index (χ1n) is 8.27. The first kappa shape index (κ1) is 17.3. The van der Waals surface area contributed by atoms with Crippen LogP contribution in [0.2, 0.25) is 0 Å². The van der Waals surface area contributed by atoms with Crippen LogP contribution in [0.25, 0.3) is 0 Å². The smallest absolute Gasteiger partial charge is 0.251 e. The highest BCUT2D eigenvalue weighted by Crippen LogP contribution is 2.38. The molecule has 5 nitrogen and oxygen atoms in total. The van der Waals surface area contributed by atoms with Crippen molar-refractivity contribution in [2.75, 3.05) is 0 Å². The molecule has 2 aromatic rings. The van der Waals surface area contributed by atoms with Gasteiger partial charge in [-0.15, -0.1) is 0 Å². The van der Waals surface area contributed by atoms with E-state index in [4.69, 9.17) is 10.5 Å². The lowest BCUT2D eigenvalue weighted by Crippen LogP contribution is -2.32. The van der Waals surface area contributed by atoms with E-state index in [2.05, 4.69) is 11.4 Å². The molecule has 0 aromatic heterocycles. The van der Waals surface area contributed by atoms with Gasteiger partial charge in [-0.1, -0.05) is 60.7 Å². The van der Waals surface area contributed by atoms with Crippen molar-refractivity contribution < 1.29 is 9.53 Å². The van der Waals surface area contributed by atoms with Gasteiger partial charge in [0.05, 0.1) is 11.5 Å². The van der Waals surface area contributed by atoms with Crippen molar-refractivity contribution >= 4 is 5.91 Å². The molecule has 1 aliphatic rings. The Morgan fingerprint density at radius 3 is 2.38 bits per heavy atom. The summed E-state index contributed by atoms with van der Waals surface area (Å²) in [5.41, 5.74) is 8.35. The van der Waals surface area contributed by atoms with Gasteiger partial charge < -0.3 is 15.8 Å². The Hall–Kier alpha value is -3.52. The number of nitrogens with zero attached hydrogens (tertiary/aromatic N) is 1. The second-order valence-electron chi connectivity index (χ2n) is 5.97. The number of allylic oxidation sites excluding steroid dienone is 2. The van der Waals surface area contributed by atoms with Crippen LogP contribution in [0, 0.1) is 11.3 Å². The minimum Gasteiger partial charge on any atom is -0.445 e. The molecule has 1 unspecified atom stereocenters. The Bertz CT molecular complexity index is 909. The van der Waals surface area contributed by atoms with E-state index in [0.717, 1.165) is 11.1 Å². The third-order valence-electron chi connectivity index (χ3n) is 4.28. The molecule has 1 aliphatic heterocycles. The topological polar surface area (TPSA) is 88.1 Å². The quantitative estimate of drug-likeness (QED) is 0.891. The van der Waals surface area contributed by atoms with Crippen LogP contribution in [0.5, 0.6) is 0 Å². The van der Waals surface area contributed by atoms with Crippen molar-refractivity contribution in [3.8, 4) is 6.07 Å². The molecule has 26 heavy (non-hydrogen) atoms. The number of hydrogen-bond acceptors (Lipinski definition) is 4. The Balaban J connectivity index is 1.93. The van der Waals surface area contributed by atoms with E-state index >= 15 is 0 Å². The minimum atomic E-state index is -0.550. The van der Waals surface area contributed by atoms with Crippen molar-refractivity contribution in [3.63, 3.8) is 0 Å². The molecule has 130 valence electrons. The van der Waals surface area contributed by atoms with E-state index in [0.29, 0.717) is 17.9 Å². The molecule has 1 amide bonds. The van der Waals surface area contributed by atoms with Crippen LogP contribution in [-0.2, 0) is 16.1 Å². The fourth-order valence-electron chi connectivity index (χ4n) is 3.03. The minimum absolute atomic E-state index is 0.0402. The molecule has 0 spiro atoms. The highest BCUT2D eigenvalue weighted by atomic mass is 16.5. The highest BCUT2D eigenvalue weighted by molar-refractivity contribution is 5.96. The first-order chi connectivity index (χ1) is 12.6. The molecule has 0 fully saturated rings. The maximum atomic E-state index is 12.9. The number of carbonyl (C=O) groups excluding carboxylic acids is 1. The van der Waals surface area contributed by atoms with Crippen LogP contribution in [0.4, 0.5) is 0 Å². The van der Waals surface area contributed by atoms with Crippen LogP contribution in [0.3, 0.4) is 0 Å². The van der Waals surface area contributed by atoms with E-state index < -0.39 is 5.92 Å². The largest absolute Gasteiger partial charge is 0.445 e. The normalized spacial score (nSPS) is 16.7. The molecule has 3 N–H and O–H groups in total. The van der Waals surface area contributed by atoms with Gasteiger partial charge in [-0.3, -0.25) is 4.79 Å². The van der Waals surface area contributed by atoms with Gasteiger partial charge in [0.2, 0.25) is 5.88 Å². The second kappa shape index (κ2) is 7.58. The SMILES string of the molecule is CC1=C(C(=O)NCc2ccccc2)C(c2ccccc2)C(C#N)=C(N)O1. The molecule has 0 saturated carbocycles. The van der Waals surface area contributed by atoms with Crippen molar-refractivity contribution in [1.82, 2.24) is 5.32 Å². The number of hydrogen-bond donors (Lipinski definition) is 2. The summed E-state index contributed by atoms with van der Waals surface area (Å²) >= 11 is 0. The lowest BCUT2D eigenvalue weighted by molar-refractivity contribution is -0.118. The van der Waals surface area contributed by atoms with Crippen molar-refractivity contribution in [1.29, 1.82) is 5.26 Å². The summed E-state index contributed by atoms with van der Waals surface area (Å²) in [6.07, 6.45) is 0. The molecule has 0 aliphatic carbocycles. The molecule has 0 radical (unpaired) electrons. The molecule has 1 heterocycles. The number of ether oxygens (including phenoxy) is 1. The number of nitriles is 1. The summed E-state index contributed by atoms with van der Waals surface area (Å²) in [5, 5.41) is 12.5. The van der Waals surface area contributed by atoms with Gasteiger partial charge in [-0.05, 0) is 18.1 Å². The van der Waals surface area contributed by atoms with E-state index in [9.17, 15) is 10.1 Å². The van der Waals surface area contributed by atoms with Gasteiger partial charge in [0, 0.05) is 6.54 Å². The Kier molecular flexibility index (Phi) is 5.04. The standard InChI is InChI=1S/C21H19N3O2/c1-14-18(21(25)24-13-15-8-4-2-5-9-15)19(16-10-6-3-7-11-16)17(12-22)20(23)26-14/h2-11,19H,13,23H2,1H3,(H,24,25). The van der Waals surface area contributed by atoms with E-state index in [1.807, 2.05) is 60.7 Å². The number of nitrogens with two attached hydrogens (primary N) is 1. The summed E-state index contributed by atoms with van der Waals surface area (Å²) in [6, 6.07) is 21.1. The van der Waals surface area contributed by atoms with Crippen LogP contribution >= 0.6 is 0 Å². The van der Waals surface area contributed by atoms with E-state index in [1.54, 1.807) is 6.92 Å². The number of carbonyl (C=O) groups is 1. The summed E-state index contributed by atoms with van der Waals surface area (Å²) < 4.78 is 5.48. The molecule has 0 saturated heterocycles. The van der Waals surface area contributed by atoms with Crippen molar-refractivity contribution in [2.45, 2.75) is 19.4 Å². The third-order valence-corrected chi connectivity index (χ3v) is 4.28. The van der Waals surface area contributed by atoms with Gasteiger partial charge in [0.15, 0.2) is 0 Å². The fourth-order valence-corrected chi connectivity index (χ4v) is 3.03. The van der Waals surface area contributed by atoms with E-state index in [-0.39, 0.29) is 17.4 Å². The summed E-state index contributed by atoms with van der Waals surface area (Å²) in [6.45, 7) is 2.08. The molecular formula is C21H19N3O2. The zero-order valence-corrected chi connectivity index (χ0v) is 14.4. The number of amides is 1. The number of benzene rings is 2. The molecule has 2 aromatic carbocycles. The van der Waals surface area contributed by atoms with Crippen molar-refractivity contribution in [3.05, 3.63) is 94.6 Å². The maximum absolute atomic E-state index is 12.9. The van der Waals surface area contributed by atoms with Gasteiger partial charge in [0.25, 0.3) is 5.91 Å². The maximum Gasteiger partial charge on any atom is 0.251 e. The number of nitrogens with one attached hydrogen (secondary N) is 1. The fraction of sp³-hybridized carbons (Fsp3) is 0.143. The molecule has 5 heteroatoms. The summed E-state index contributed by atoms with van der Waals surface area (Å²) in [7, 11) is 0. The van der Waals surface area contributed by atoms with Crippen LogP contribution in [0.15, 0.2) is 83.5 Å². The van der Waals surface area contributed by atoms with Crippen molar-refractivity contribution in [2.24, 2.45) is 5.73 Å². The van der Waals surface area contributed by atoms with Crippen LogP contribution < -0.4 is 11.1 Å². The average molecular weight is 345 g/mol. The van der Waals surface area contributed by atoms with Crippen LogP contribution in [0.1, 0.15) is 24.0 Å². The number of rotatable bonds is 4. The molecular weight excluding hydrogens is 326 g/mol. The first-order valence-corrected chi connectivity index (χ1v) is 8.27. The predicted octanol–water partition coefficient (Wildman–Crippen LogP) is 3.08.